The number of benzene rings is 1. The second-order valence-corrected chi connectivity index (χ2v) is 9.94. The van der Waals surface area contributed by atoms with Gasteiger partial charge in [0, 0.05) is 44.0 Å². The third kappa shape index (κ3) is 4.70. The number of sulfonamides is 1. The average molecular weight is 419 g/mol. The maximum absolute atomic E-state index is 12.9. The van der Waals surface area contributed by atoms with Crippen LogP contribution in [-0.2, 0) is 27.8 Å². The predicted octanol–water partition coefficient (Wildman–Crippen LogP) is 2.23. The summed E-state index contributed by atoms with van der Waals surface area (Å²) in [5.74, 6) is 0.508. The van der Waals surface area contributed by atoms with Crippen LogP contribution < -0.4 is 0 Å². The molecule has 2 heterocycles. The molecule has 3 rings (SSSR count). The molecule has 0 saturated carbocycles. The maximum atomic E-state index is 12.9. The molecule has 0 spiro atoms. The van der Waals surface area contributed by atoms with Gasteiger partial charge in [0.15, 0.2) is 0 Å². The molecule has 2 aromatic rings. The van der Waals surface area contributed by atoms with Crippen LogP contribution in [-0.4, -0.2) is 59.5 Å². The molecule has 1 fully saturated rings. The number of carbonyl (C=O) groups excluding carboxylic acids is 1. The summed E-state index contributed by atoms with van der Waals surface area (Å²) in [5.41, 5.74) is 2.91. The Balaban J connectivity index is 1.63. The topological polar surface area (TPSA) is 75.5 Å². The molecule has 1 aromatic carbocycles. The van der Waals surface area contributed by atoms with Gasteiger partial charge in [-0.05, 0) is 31.9 Å². The van der Waals surface area contributed by atoms with E-state index in [4.69, 9.17) is 0 Å². The number of hydrogen-bond donors (Lipinski definition) is 0. The highest BCUT2D eigenvalue weighted by atomic mass is 32.2. The van der Waals surface area contributed by atoms with Gasteiger partial charge < -0.3 is 4.90 Å². The van der Waals surface area contributed by atoms with Crippen LogP contribution in [0.25, 0.3) is 0 Å². The lowest BCUT2D eigenvalue weighted by atomic mass is 10.1. The molecule has 0 unspecified atom stereocenters. The molecule has 1 aliphatic rings. The number of rotatable bonds is 6. The van der Waals surface area contributed by atoms with Gasteiger partial charge in [-0.15, -0.1) is 0 Å². The van der Waals surface area contributed by atoms with E-state index in [0.29, 0.717) is 43.4 Å². The first-order valence-corrected chi connectivity index (χ1v) is 11.5. The van der Waals surface area contributed by atoms with Gasteiger partial charge in [0.05, 0.1) is 17.0 Å². The second-order valence-electron chi connectivity index (χ2n) is 8.00. The minimum atomic E-state index is -3.51. The van der Waals surface area contributed by atoms with E-state index in [1.54, 1.807) is 35.2 Å². The molecule has 7 nitrogen and oxygen atoms in total. The highest BCUT2D eigenvalue weighted by Crippen LogP contribution is 2.19. The number of aromatic nitrogens is 2. The maximum Gasteiger partial charge on any atom is 0.243 e. The quantitative estimate of drug-likeness (QED) is 0.721. The molecule has 158 valence electrons. The Morgan fingerprint density at radius 2 is 1.69 bits per heavy atom. The highest BCUT2D eigenvalue weighted by molar-refractivity contribution is 7.89. The van der Waals surface area contributed by atoms with Crippen molar-refractivity contribution in [2.45, 2.75) is 45.6 Å². The highest BCUT2D eigenvalue weighted by Gasteiger charge is 2.30. The minimum Gasteiger partial charge on any atom is -0.340 e. The summed E-state index contributed by atoms with van der Waals surface area (Å²) in [6.45, 7) is 10.5. The Morgan fingerprint density at radius 3 is 2.28 bits per heavy atom. The van der Waals surface area contributed by atoms with Gasteiger partial charge in [0.25, 0.3) is 0 Å². The summed E-state index contributed by atoms with van der Waals surface area (Å²) >= 11 is 0. The molecular weight excluding hydrogens is 388 g/mol. The predicted molar refractivity (Wildman–Crippen MR) is 112 cm³/mol. The standard InChI is InChI=1S/C21H30N4O3S/c1-16(2)15-25-18(4)20(17(3)22-25)14-21(26)23-10-12-24(13-11-23)29(27,28)19-8-6-5-7-9-19/h5-9,16H,10-15H2,1-4H3. The number of piperazine rings is 1. The van der Waals surface area contributed by atoms with Gasteiger partial charge >= 0.3 is 0 Å². The number of nitrogens with zero attached hydrogens (tertiary/aromatic N) is 4. The summed E-state index contributed by atoms with van der Waals surface area (Å²) in [6.07, 6.45) is 0.307. The zero-order chi connectivity index (χ0) is 21.2. The van der Waals surface area contributed by atoms with Crippen LogP contribution in [0.5, 0.6) is 0 Å². The second kappa shape index (κ2) is 8.67. The van der Waals surface area contributed by atoms with Crippen molar-refractivity contribution in [2.24, 2.45) is 5.92 Å². The zero-order valence-electron chi connectivity index (χ0n) is 17.6. The molecule has 8 heteroatoms. The summed E-state index contributed by atoms with van der Waals surface area (Å²) in [5, 5.41) is 4.58. The number of amides is 1. The van der Waals surface area contributed by atoms with Crippen molar-refractivity contribution in [3.05, 3.63) is 47.3 Å². The van der Waals surface area contributed by atoms with Gasteiger partial charge in [-0.2, -0.15) is 9.40 Å². The molecule has 1 aliphatic heterocycles. The fraction of sp³-hybridized carbons (Fsp3) is 0.524. The number of hydrogen-bond acceptors (Lipinski definition) is 4. The normalized spacial score (nSPS) is 15.8. The Bertz CT molecular complexity index is 959. The monoisotopic (exact) mass is 418 g/mol. The Labute approximate surface area is 173 Å². The first-order valence-electron chi connectivity index (χ1n) is 10.1. The van der Waals surface area contributed by atoms with Gasteiger partial charge in [0.2, 0.25) is 15.9 Å². The third-order valence-corrected chi connectivity index (χ3v) is 7.28. The number of carbonyl (C=O) groups is 1. The van der Waals surface area contributed by atoms with Crippen LogP contribution in [0.1, 0.15) is 30.8 Å². The summed E-state index contributed by atoms with van der Waals surface area (Å²) in [4.78, 5) is 14.9. The number of aryl methyl sites for hydroxylation is 1. The fourth-order valence-corrected chi connectivity index (χ4v) is 5.14. The first kappa shape index (κ1) is 21.5. The van der Waals surface area contributed by atoms with Crippen molar-refractivity contribution in [3.63, 3.8) is 0 Å². The van der Waals surface area contributed by atoms with Crippen molar-refractivity contribution in [1.82, 2.24) is 19.0 Å². The van der Waals surface area contributed by atoms with Crippen molar-refractivity contribution < 1.29 is 13.2 Å². The van der Waals surface area contributed by atoms with Crippen LogP contribution in [0.4, 0.5) is 0 Å². The molecule has 1 saturated heterocycles. The van der Waals surface area contributed by atoms with Crippen LogP contribution in [0.2, 0.25) is 0 Å². The summed E-state index contributed by atoms with van der Waals surface area (Å²) in [6, 6.07) is 8.44. The molecule has 29 heavy (non-hydrogen) atoms. The summed E-state index contributed by atoms with van der Waals surface area (Å²) < 4.78 is 28.9. The Hall–Kier alpha value is -2.19. The van der Waals surface area contributed by atoms with Crippen LogP contribution >= 0.6 is 0 Å². The first-order chi connectivity index (χ1) is 13.7. The minimum absolute atomic E-state index is 0.0251. The van der Waals surface area contributed by atoms with E-state index in [1.165, 1.54) is 4.31 Å². The van der Waals surface area contributed by atoms with Gasteiger partial charge in [-0.1, -0.05) is 32.0 Å². The van der Waals surface area contributed by atoms with Gasteiger partial charge in [-0.3, -0.25) is 9.48 Å². The van der Waals surface area contributed by atoms with E-state index in [-0.39, 0.29) is 5.91 Å². The average Bonchev–Trinajstić information content (AvgIpc) is 2.95. The van der Waals surface area contributed by atoms with E-state index in [9.17, 15) is 13.2 Å². The lowest BCUT2D eigenvalue weighted by Crippen LogP contribution is -2.50. The van der Waals surface area contributed by atoms with Crippen molar-refractivity contribution >= 4 is 15.9 Å². The molecule has 0 aliphatic carbocycles. The van der Waals surface area contributed by atoms with Crippen LogP contribution in [0, 0.1) is 19.8 Å². The van der Waals surface area contributed by atoms with E-state index in [2.05, 4.69) is 18.9 Å². The molecule has 1 amide bonds. The zero-order valence-corrected chi connectivity index (χ0v) is 18.4. The fourth-order valence-electron chi connectivity index (χ4n) is 3.70. The van der Waals surface area contributed by atoms with Crippen LogP contribution in [0.3, 0.4) is 0 Å². The van der Waals surface area contributed by atoms with E-state index >= 15 is 0 Å². The molecule has 0 radical (unpaired) electrons. The smallest absolute Gasteiger partial charge is 0.243 e. The lowest BCUT2D eigenvalue weighted by molar-refractivity contribution is -0.131. The largest absolute Gasteiger partial charge is 0.340 e. The van der Waals surface area contributed by atoms with Gasteiger partial charge in [-0.25, -0.2) is 8.42 Å². The van der Waals surface area contributed by atoms with Crippen molar-refractivity contribution in [2.75, 3.05) is 26.2 Å². The van der Waals surface area contributed by atoms with E-state index in [0.717, 1.165) is 23.5 Å². The summed E-state index contributed by atoms with van der Waals surface area (Å²) in [7, 11) is -3.51. The van der Waals surface area contributed by atoms with Crippen LogP contribution in [0.15, 0.2) is 35.2 Å². The van der Waals surface area contributed by atoms with Crippen molar-refractivity contribution in [3.8, 4) is 0 Å². The molecule has 0 N–H and O–H groups in total. The van der Waals surface area contributed by atoms with E-state index in [1.807, 2.05) is 18.5 Å². The molecule has 0 atom stereocenters. The third-order valence-electron chi connectivity index (χ3n) is 5.37. The van der Waals surface area contributed by atoms with Gasteiger partial charge in [0.1, 0.15) is 0 Å². The molecule has 0 bridgehead atoms. The Morgan fingerprint density at radius 1 is 1.07 bits per heavy atom. The Kier molecular flexibility index (Phi) is 6.43. The molecular formula is C21H30N4O3S. The van der Waals surface area contributed by atoms with Crippen molar-refractivity contribution in [1.29, 1.82) is 0 Å². The lowest BCUT2D eigenvalue weighted by Gasteiger charge is -2.34. The molecule has 1 aromatic heterocycles. The SMILES string of the molecule is Cc1nn(CC(C)C)c(C)c1CC(=O)N1CCN(S(=O)(=O)c2ccccc2)CC1. The van der Waals surface area contributed by atoms with E-state index < -0.39 is 10.0 Å².